The van der Waals surface area contributed by atoms with Crippen LogP contribution in [-0.4, -0.2) is 35.8 Å². The largest absolute Gasteiger partial charge is 0.507 e. The van der Waals surface area contributed by atoms with E-state index >= 15 is 0 Å². The molecule has 0 saturated heterocycles. The molecule has 1 aliphatic heterocycles. The number of hydrogen-bond acceptors (Lipinski definition) is 6. The molecule has 1 heterocycles. The van der Waals surface area contributed by atoms with Crippen molar-refractivity contribution in [3.63, 3.8) is 0 Å². The van der Waals surface area contributed by atoms with Crippen LogP contribution in [0, 0.1) is 20.8 Å². The van der Waals surface area contributed by atoms with Gasteiger partial charge in [-0.1, -0.05) is 6.07 Å². The third-order valence-electron chi connectivity index (χ3n) is 7.08. The van der Waals surface area contributed by atoms with Crippen LogP contribution in [0.3, 0.4) is 0 Å². The molecule has 0 bridgehead atoms. The number of rotatable bonds is 9. The van der Waals surface area contributed by atoms with Crippen molar-refractivity contribution < 1.29 is 24.1 Å². The summed E-state index contributed by atoms with van der Waals surface area (Å²) in [5, 5.41) is 13.2. The second-order valence-electron chi connectivity index (χ2n) is 10.1. The van der Waals surface area contributed by atoms with Crippen molar-refractivity contribution >= 4 is 23.2 Å². The summed E-state index contributed by atoms with van der Waals surface area (Å²) in [6.45, 7) is 8.29. The number of amides is 1. The van der Waals surface area contributed by atoms with E-state index in [2.05, 4.69) is 17.2 Å². The predicted octanol–water partition coefficient (Wildman–Crippen LogP) is 4.79. The van der Waals surface area contributed by atoms with Crippen LogP contribution < -0.4 is 31.0 Å². The summed E-state index contributed by atoms with van der Waals surface area (Å²) in [7, 11) is 0. The maximum Gasteiger partial charge on any atom is 0.262 e. The Bertz CT molecular complexity index is 1380. The number of nitrogens with zero attached hydrogens (tertiary/aromatic N) is 1. The Kier molecular flexibility index (Phi) is 8.18. The van der Waals surface area contributed by atoms with Crippen molar-refractivity contribution in [2.75, 3.05) is 18.5 Å². The van der Waals surface area contributed by atoms with Crippen molar-refractivity contribution in [2.24, 2.45) is 16.5 Å². The Labute approximate surface area is 228 Å². The smallest absolute Gasteiger partial charge is 0.262 e. The minimum Gasteiger partial charge on any atom is -0.507 e. The van der Waals surface area contributed by atoms with Gasteiger partial charge >= 0.3 is 0 Å². The zero-order valence-corrected chi connectivity index (χ0v) is 22.8. The lowest BCUT2D eigenvalue weighted by Crippen LogP contribution is -2.38. The summed E-state index contributed by atoms with van der Waals surface area (Å²) < 4.78 is 18.0. The average Bonchev–Trinajstić information content (AvgIpc) is 2.90. The fourth-order valence-electron chi connectivity index (χ4n) is 4.63. The fourth-order valence-corrected chi connectivity index (χ4v) is 4.63. The molecule has 0 radical (unpaired) electrons. The number of aliphatic imine (C=N–C) groups is 1. The first-order valence-electron chi connectivity index (χ1n) is 12.9. The van der Waals surface area contributed by atoms with E-state index in [1.807, 2.05) is 32.9 Å². The molecule has 0 spiro atoms. The predicted molar refractivity (Wildman–Crippen MR) is 152 cm³/mol. The Hall–Kier alpha value is -4.40. The van der Waals surface area contributed by atoms with E-state index in [0.29, 0.717) is 41.7 Å². The molecule has 4 rings (SSSR count). The number of fused-ring (bicyclic) bond motifs is 1. The number of anilines is 1. The van der Waals surface area contributed by atoms with E-state index in [1.165, 1.54) is 0 Å². The minimum absolute atomic E-state index is 0.0539. The van der Waals surface area contributed by atoms with E-state index in [9.17, 15) is 9.90 Å². The first-order valence-corrected chi connectivity index (χ1v) is 12.9. The highest BCUT2D eigenvalue weighted by Crippen LogP contribution is 2.44. The third kappa shape index (κ3) is 6.73. The number of phenols is 1. The molecular formula is C30H36N4O5. The second-order valence-corrected chi connectivity index (χ2v) is 10.1. The maximum atomic E-state index is 12.3. The molecule has 1 amide bonds. The standard InChI is InChI=1S/C30H36N4O5/c1-18-19(2)28-25(20(3)27(18)36)12-13-30(4,39-28)14-15-37-23-10-8-21(9-11-23)33-26(35)17-38-24-7-5-6-22(16-24)34-29(31)32/h5-11,16,36H,12-15,17H2,1-4H3,(H,33,35)(H4,31,32,34). The van der Waals surface area contributed by atoms with Crippen LogP contribution in [0.1, 0.15) is 42.0 Å². The first kappa shape index (κ1) is 27.6. The number of carbonyl (C=O) groups is 1. The number of hydrogen-bond donors (Lipinski definition) is 4. The van der Waals surface area contributed by atoms with Crippen molar-refractivity contribution in [3.8, 4) is 23.0 Å². The Morgan fingerprint density at radius 3 is 2.51 bits per heavy atom. The van der Waals surface area contributed by atoms with Crippen LogP contribution in [0.4, 0.5) is 11.4 Å². The summed E-state index contributed by atoms with van der Waals surface area (Å²) in [6, 6.07) is 14.0. The lowest BCUT2D eigenvalue weighted by atomic mass is 9.86. The molecule has 3 aromatic rings. The van der Waals surface area contributed by atoms with Crippen LogP contribution in [0.5, 0.6) is 23.0 Å². The third-order valence-corrected chi connectivity index (χ3v) is 7.08. The van der Waals surface area contributed by atoms with Gasteiger partial charge in [0.1, 0.15) is 28.6 Å². The van der Waals surface area contributed by atoms with Crippen LogP contribution in [0.15, 0.2) is 53.5 Å². The molecule has 0 aliphatic carbocycles. The van der Waals surface area contributed by atoms with Crippen molar-refractivity contribution in [3.05, 3.63) is 70.8 Å². The number of guanidine groups is 1. The molecule has 1 aliphatic rings. The van der Waals surface area contributed by atoms with Crippen LogP contribution in [-0.2, 0) is 11.2 Å². The molecule has 0 aromatic heterocycles. The van der Waals surface area contributed by atoms with E-state index in [1.54, 1.807) is 36.4 Å². The van der Waals surface area contributed by atoms with Crippen molar-refractivity contribution in [2.45, 2.75) is 52.6 Å². The van der Waals surface area contributed by atoms with Crippen LogP contribution >= 0.6 is 0 Å². The number of nitrogens with two attached hydrogens (primary N) is 2. The highest BCUT2D eigenvalue weighted by Gasteiger charge is 2.34. The molecular weight excluding hydrogens is 496 g/mol. The minimum atomic E-state index is -0.357. The molecule has 206 valence electrons. The van der Waals surface area contributed by atoms with E-state index < -0.39 is 0 Å². The second kappa shape index (κ2) is 11.6. The maximum absolute atomic E-state index is 12.3. The quantitative estimate of drug-likeness (QED) is 0.229. The van der Waals surface area contributed by atoms with Crippen molar-refractivity contribution in [1.82, 2.24) is 0 Å². The number of aromatic hydroxyl groups is 1. The fraction of sp³-hybridized carbons (Fsp3) is 0.333. The van der Waals surface area contributed by atoms with Gasteiger partial charge in [-0.05, 0) is 93.6 Å². The van der Waals surface area contributed by atoms with Gasteiger partial charge in [-0.2, -0.15) is 0 Å². The number of phenolic OH excluding ortho intramolecular Hbond substituents is 1. The van der Waals surface area contributed by atoms with Gasteiger partial charge in [-0.15, -0.1) is 0 Å². The Balaban J connectivity index is 1.26. The van der Waals surface area contributed by atoms with E-state index in [4.69, 9.17) is 25.7 Å². The summed E-state index contributed by atoms with van der Waals surface area (Å²) in [6.07, 6.45) is 2.41. The van der Waals surface area contributed by atoms with E-state index in [0.717, 1.165) is 40.8 Å². The zero-order valence-electron chi connectivity index (χ0n) is 22.8. The van der Waals surface area contributed by atoms with Crippen molar-refractivity contribution in [1.29, 1.82) is 0 Å². The molecule has 6 N–H and O–H groups in total. The lowest BCUT2D eigenvalue weighted by Gasteiger charge is -2.38. The number of ether oxygens (including phenoxy) is 3. The molecule has 1 unspecified atom stereocenters. The molecule has 0 saturated carbocycles. The summed E-state index contributed by atoms with van der Waals surface area (Å²) in [5.74, 6) is 2.09. The zero-order chi connectivity index (χ0) is 28.2. The molecule has 9 nitrogen and oxygen atoms in total. The van der Waals surface area contributed by atoms with Gasteiger partial charge in [-0.3, -0.25) is 4.79 Å². The molecule has 1 atom stereocenters. The topological polar surface area (TPSA) is 141 Å². The van der Waals surface area contributed by atoms with Gasteiger partial charge in [0, 0.05) is 23.7 Å². The monoisotopic (exact) mass is 532 g/mol. The molecule has 39 heavy (non-hydrogen) atoms. The summed E-state index contributed by atoms with van der Waals surface area (Å²) in [4.78, 5) is 16.3. The molecule has 9 heteroatoms. The van der Waals surface area contributed by atoms with Gasteiger partial charge < -0.3 is 36.1 Å². The number of nitrogens with one attached hydrogen (secondary N) is 1. The Morgan fingerprint density at radius 1 is 1.05 bits per heavy atom. The highest BCUT2D eigenvalue weighted by molar-refractivity contribution is 5.91. The average molecular weight is 533 g/mol. The van der Waals surface area contributed by atoms with Gasteiger partial charge in [0.25, 0.3) is 5.91 Å². The van der Waals surface area contributed by atoms with Crippen LogP contribution in [0.2, 0.25) is 0 Å². The summed E-state index contributed by atoms with van der Waals surface area (Å²) in [5.41, 5.74) is 15.5. The summed E-state index contributed by atoms with van der Waals surface area (Å²) >= 11 is 0. The number of benzene rings is 3. The van der Waals surface area contributed by atoms with Gasteiger partial charge in [-0.25, -0.2) is 4.99 Å². The SMILES string of the molecule is Cc1c(C)c2c(c(C)c1O)CCC(C)(CCOc1ccc(NC(=O)COc3cccc(N=C(N)N)c3)cc1)O2. The molecule has 0 fully saturated rings. The number of carbonyl (C=O) groups excluding carboxylic acids is 1. The molecule has 3 aromatic carbocycles. The van der Waals surface area contributed by atoms with Crippen LogP contribution in [0.25, 0.3) is 0 Å². The van der Waals surface area contributed by atoms with Gasteiger partial charge in [0.15, 0.2) is 12.6 Å². The first-order chi connectivity index (χ1) is 18.5. The Morgan fingerprint density at radius 2 is 1.79 bits per heavy atom. The highest BCUT2D eigenvalue weighted by atomic mass is 16.5. The van der Waals surface area contributed by atoms with Gasteiger partial charge in [0.2, 0.25) is 0 Å². The van der Waals surface area contributed by atoms with E-state index in [-0.39, 0.29) is 24.1 Å². The normalized spacial score (nSPS) is 16.0. The van der Waals surface area contributed by atoms with Gasteiger partial charge in [0.05, 0.1) is 12.3 Å². The lowest BCUT2D eigenvalue weighted by molar-refractivity contribution is -0.118.